The molecule has 2 aromatic heterocycles. The quantitative estimate of drug-likeness (QED) is 0.747. The summed E-state index contributed by atoms with van der Waals surface area (Å²) in [5.41, 5.74) is 3.04. The van der Waals surface area contributed by atoms with Crippen LogP contribution in [0.5, 0.6) is 0 Å². The summed E-state index contributed by atoms with van der Waals surface area (Å²) in [5, 5.41) is 20.2. The van der Waals surface area contributed by atoms with E-state index in [2.05, 4.69) is 27.4 Å². The Kier molecular flexibility index (Phi) is 4.07. The minimum absolute atomic E-state index is 0.153. The molecule has 0 saturated heterocycles. The smallest absolute Gasteiger partial charge is 0.0915 e. The van der Waals surface area contributed by atoms with E-state index in [0.29, 0.717) is 6.54 Å². The average Bonchev–Trinajstić information content (AvgIpc) is 2.83. The maximum Gasteiger partial charge on any atom is 0.0915 e. The Morgan fingerprint density at radius 2 is 2.11 bits per heavy atom. The molecule has 18 heavy (non-hydrogen) atoms. The van der Waals surface area contributed by atoms with Gasteiger partial charge in [0.05, 0.1) is 12.3 Å². The number of hydrogen-bond acceptors (Lipinski definition) is 4. The first-order valence-corrected chi connectivity index (χ1v) is 5.99. The Hall–Kier alpha value is -1.72. The first-order chi connectivity index (χ1) is 8.68. The van der Waals surface area contributed by atoms with Gasteiger partial charge in [0.15, 0.2) is 0 Å². The number of hydrogen-bond donors (Lipinski definition) is 3. The number of rotatable bonds is 5. The predicted molar refractivity (Wildman–Crippen MR) is 68.9 cm³/mol. The second-order valence-corrected chi connectivity index (χ2v) is 4.38. The predicted octanol–water partition coefficient (Wildman–Crippen LogP) is 1.50. The van der Waals surface area contributed by atoms with Gasteiger partial charge in [0, 0.05) is 36.2 Å². The van der Waals surface area contributed by atoms with Crippen molar-refractivity contribution in [2.24, 2.45) is 0 Å². The topological polar surface area (TPSA) is 73.8 Å². The molecule has 96 valence electrons. The second kappa shape index (κ2) is 5.75. The lowest BCUT2D eigenvalue weighted by molar-refractivity contribution is 0.170. The van der Waals surface area contributed by atoms with Gasteiger partial charge < -0.3 is 10.4 Å². The van der Waals surface area contributed by atoms with Crippen LogP contribution < -0.4 is 5.32 Å². The fourth-order valence-corrected chi connectivity index (χ4v) is 1.90. The zero-order valence-electron chi connectivity index (χ0n) is 10.6. The molecule has 5 nitrogen and oxygen atoms in total. The molecule has 3 N–H and O–H groups in total. The minimum Gasteiger partial charge on any atom is -0.387 e. The molecule has 5 heteroatoms. The van der Waals surface area contributed by atoms with E-state index in [1.807, 2.05) is 25.3 Å². The van der Waals surface area contributed by atoms with Gasteiger partial charge in [-0.1, -0.05) is 0 Å². The Morgan fingerprint density at radius 3 is 2.72 bits per heavy atom. The van der Waals surface area contributed by atoms with Crippen molar-refractivity contribution in [1.29, 1.82) is 0 Å². The van der Waals surface area contributed by atoms with Crippen LogP contribution in [0.3, 0.4) is 0 Å². The van der Waals surface area contributed by atoms with E-state index in [1.54, 1.807) is 12.4 Å². The number of aromatic amines is 1. The van der Waals surface area contributed by atoms with Crippen LogP contribution in [0.1, 0.15) is 35.9 Å². The summed E-state index contributed by atoms with van der Waals surface area (Å²) in [7, 11) is 0. The Labute approximate surface area is 106 Å². The number of nitrogens with zero attached hydrogens (tertiary/aromatic N) is 2. The fourth-order valence-electron chi connectivity index (χ4n) is 1.90. The summed E-state index contributed by atoms with van der Waals surface area (Å²) in [6.45, 7) is 4.53. The molecule has 2 atom stereocenters. The summed E-state index contributed by atoms with van der Waals surface area (Å²) in [5.74, 6) is 0. The first kappa shape index (κ1) is 12.7. The number of pyridine rings is 1. The van der Waals surface area contributed by atoms with Gasteiger partial charge in [-0.25, -0.2) is 0 Å². The van der Waals surface area contributed by atoms with Crippen LogP contribution in [-0.2, 0) is 0 Å². The number of aryl methyl sites for hydroxylation is 1. The molecule has 2 heterocycles. The van der Waals surface area contributed by atoms with Crippen molar-refractivity contribution < 1.29 is 5.11 Å². The Bertz CT molecular complexity index is 483. The van der Waals surface area contributed by atoms with E-state index in [0.717, 1.165) is 16.8 Å². The largest absolute Gasteiger partial charge is 0.387 e. The van der Waals surface area contributed by atoms with Gasteiger partial charge in [-0.05, 0) is 31.5 Å². The molecule has 0 bridgehead atoms. The molecule has 0 spiro atoms. The highest BCUT2D eigenvalue weighted by Crippen LogP contribution is 2.16. The third-order valence-corrected chi connectivity index (χ3v) is 3.04. The molecular weight excluding hydrogens is 228 g/mol. The van der Waals surface area contributed by atoms with Gasteiger partial charge in [-0.3, -0.25) is 10.1 Å². The molecule has 0 aromatic carbocycles. The Balaban J connectivity index is 1.90. The molecule has 0 aliphatic carbocycles. The van der Waals surface area contributed by atoms with E-state index >= 15 is 0 Å². The van der Waals surface area contributed by atoms with Crippen LogP contribution in [-0.4, -0.2) is 26.8 Å². The van der Waals surface area contributed by atoms with Crippen LogP contribution in [0.15, 0.2) is 30.7 Å². The van der Waals surface area contributed by atoms with Crippen LogP contribution in [0, 0.1) is 6.92 Å². The molecule has 0 radical (unpaired) electrons. The van der Waals surface area contributed by atoms with Crippen molar-refractivity contribution in [3.8, 4) is 0 Å². The van der Waals surface area contributed by atoms with Crippen molar-refractivity contribution >= 4 is 0 Å². The molecule has 0 fully saturated rings. The third kappa shape index (κ3) is 2.94. The van der Waals surface area contributed by atoms with Gasteiger partial charge in [0.2, 0.25) is 0 Å². The van der Waals surface area contributed by atoms with Gasteiger partial charge in [0.25, 0.3) is 0 Å². The van der Waals surface area contributed by atoms with Crippen molar-refractivity contribution in [3.63, 3.8) is 0 Å². The minimum atomic E-state index is -0.525. The van der Waals surface area contributed by atoms with Crippen LogP contribution in [0.4, 0.5) is 0 Å². The lowest BCUT2D eigenvalue weighted by atomic mass is 10.1. The van der Waals surface area contributed by atoms with Crippen LogP contribution in [0.25, 0.3) is 0 Å². The van der Waals surface area contributed by atoms with Gasteiger partial charge in [-0.2, -0.15) is 5.10 Å². The molecule has 0 aliphatic rings. The van der Waals surface area contributed by atoms with E-state index < -0.39 is 6.10 Å². The Morgan fingerprint density at radius 1 is 1.39 bits per heavy atom. The SMILES string of the molecule is Cc1[nH]ncc1C(C)NCC(O)c1ccncc1. The fraction of sp³-hybridized carbons (Fsp3) is 0.385. The molecule has 0 saturated carbocycles. The maximum absolute atomic E-state index is 10.0. The monoisotopic (exact) mass is 246 g/mol. The average molecular weight is 246 g/mol. The summed E-state index contributed by atoms with van der Waals surface area (Å²) in [6, 6.07) is 3.79. The van der Waals surface area contributed by atoms with Crippen molar-refractivity contribution in [1.82, 2.24) is 20.5 Å². The zero-order chi connectivity index (χ0) is 13.0. The molecule has 2 aromatic rings. The molecule has 2 unspecified atom stereocenters. The second-order valence-electron chi connectivity index (χ2n) is 4.38. The van der Waals surface area contributed by atoms with Crippen LogP contribution >= 0.6 is 0 Å². The summed E-state index contributed by atoms with van der Waals surface area (Å²) < 4.78 is 0. The molecule has 2 rings (SSSR count). The number of H-pyrrole nitrogens is 1. The first-order valence-electron chi connectivity index (χ1n) is 5.99. The molecule has 0 amide bonds. The molecule has 0 aliphatic heterocycles. The summed E-state index contributed by atoms with van der Waals surface area (Å²) in [4.78, 5) is 3.93. The van der Waals surface area contributed by atoms with Crippen molar-refractivity contribution in [3.05, 3.63) is 47.5 Å². The van der Waals surface area contributed by atoms with E-state index in [4.69, 9.17) is 0 Å². The van der Waals surface area contributed by atoms with Crippen molar-refractivity contribution in [2.75, 3.05) is 6.54 Å². The van der Waals surface area contributed by atoms with Gasteiger partial charge in [-0.15, -0.1) is 0 Å². The lowest BCUT2D eigenvalue weighted by Gasteiger charge is -2.17. The highest BCUT2D eigenvalue weighted by Gasteiger charge is 2.12. The number of aliphatic hydroxyl groups is 1. The normalized spacial score (nSPS) is 14.4. The van der Waals surface area contributed by atoms with Crippen molar-refractivity contribution in [2.45, 2.75) is 26.0 Å². The maximum atomic E-state index is 10.0. The van der Waals surface area contributed by atoms with E-state index in [1.165, 1.54) is 0 Å². The highest BCUT2D eigenvalue weighted by atomic mass is 16.3. The van der Waals surface area contributed by atoms with Gasteiger partial charge >= 0.3 is 0 Å². The summed E-state index contributed by atoms with van der Waals surface area (Å²) in [6.07, 6.45) is 4.65. The highest BCUT2D eigenvalue weighted by molar-refractivity contribution is 5.19. The number of aliphatic hydroxyl groups excluding tert-OH is 1. The number of nitrogens with one attached hydrogen (secondary N) is 2. The van der Waals surface area contributed by atoms with Gasteiger partial charge in [0.1, 0.15) is 0 Å². The van der Waals surface area contributed by atoms with Crippen LogP contribution in [0.2, 0.25) is 0 Å². The van der Waals surface area contributed by atoms with E-state index in [9.17, 15) is 5.11 Å². The van der Waals surface area contributed by atoms with E-state index in [-0.39, 0.29) is 6.04 Å². The molecular formula is C13H18N4O. The lowest BCUT2D eigenvalue weighted by Crippen LogP contribution is -2.24. The third-order valence-electron chi connectivity index (χ3n) is 3.04. The zero-order valence-corrected chi connectivity index (χ0v) is 10.6. The number of aromatic nitrogens is 3. The summed E-state index contributed by atoms with van der Waals surface area (Å²) >= 11 is 0. The standard InChI is InChI=1S/C13H18N4O/c1-9(12-7-16-17-10(12)2)15-8-13(18)11-3-5-14-6-4-11/h3-7,9,13,15,18H,8H2,1-2H3,(H,16,17).